The lowest BCUT2D eigenvalue weighted by atomic mass is 10.1. The maximum atomic E-state index is 12.3. The Morgan fingerprint density at radius 1 is 1.00 bits per heavy atom. The molecular weight excluding hydrogens is 360 g/mol. The molecule has 3 aromatic carbocycles. The van der Waals surface area contributed by atoms with E-state index in [-0.39, 0.29) is 5.91 Å². The van der Waals surface area contributed by atoms with Gasteiger partial charge in [-0.2, -0.15) is 10.2 Å². The topological polar surface area (TPSA) is 59.3 Å². The molecule has 0 spiro atoms. The number of fused-ring (bicyclic) bond motifs is 1. The van der Waals surface area contributed by atoms with Crippen molar-refractivity contribution in [2.75, 3.05) is 0 Å². The van der Waals surface area contributed by atoms with Crippen molar-refractivity contribution in [1.82, 2.24) is 15.2 Å². The zero-order chi connectivity index (χ0) is 20.2. The quantitative estimate of drug-likeness (QED) is 0.409. The molecule has 0 radical (unpaired) electrons. The van der Waals surface area contributed by atoms with E-state index in [0.29, 0.717) is 12.1 Å². The Balaban J connectivity index is 1.38. The first-order valence-electron chi connectivity index (χ1n) is 9.51. The number of hydrazone groups is 1. The van der Waals surface area contributed by atoms with Gasteiger partial charge in [-0.1, -0.05) is 48.5 Å². The molecule has 0 aliphatic rings. The third-order valence-corrected chi connectivity index (χ3v) is 4.81. The van der Waals surface area contributed by atoms with Gasteiger partial charge in [-0.25, -0.2) is 5.43 Å². The van der Waals surface area contributed by atoms with Crippen molar-refractivity contribution in [3.63, 3.8) is 0 Å². The highest BCUT2D eigenvalue weighted by atomic mass is 16.2. The van der Waals surface area contributed by atoms with Gasteiger partial charge >= 0.3 is 0 Å². The fourth-order valence-electron chi connectivity index (χ4n) is 3.29. The first-order valence-corrected chi connectivity index (χ1v) is 9.51. The van der Waals surface area contributed by atoms with E-state index in [9.17, 15) is 4.79 Å². The predicted octanol–water partition coefficient (Wildman–Crippen LogP) is 4.47. The van der Waals surface area contributed by atoms with Crippen molar-refractivity contribution in [3.8, 4) is 0 Å². The molecular formula is C24H22N4O. The molecule has 0 saturated heterocycles. The molecule has 0 aliphatic heterocycles. The zero-order valence-electron chi connectivity index (χ0n) is 16.5. The number of amides is 1. The molecule has 4 aromatic rings. The summed E-state index contributed by atoms with van der Waals surface area (Å²) in [6.45, 7) is 4.70. The van der Waals surface area contributed by atoms with Crippen LogP contribution in [0.2, 0.25) is 0 Å². The van der Waals surface area contributed by atoms with Gasteiger partial charge in [0.2, 0.25) is 0 Å². The number of carbonyl (C=O) groups is 1. The Morgan fingerprint density at radius 2 is 1.76 bits per heavy atom. The van der Waals surface area contributed by atoms with Crippen LogP contribution in [0.5, 0.6) is 0 Å². The number of aryl methyl sites for hydroxylation is 2. The van der Waals surface area contributed by atoms with E-state index in [0.717, 1.165) is 27.9 Å². The van der Waals surface area contributed by atoms with Crippen molar-refractivity contribution >= 4 is 22.9 Å². The molecule has 0 saturated carbocycles. The van der Waals surface area contributed by atoms with Crippen molar-refractivity contribution < 1.29 is 4.79 Å². The maximum absolute atomic E-state index is 12.3. The van der Waals surface area contributed by atoms with Gasteiger partial charge in [0.15, 0.2) is 0 Å². The SMILES string of the molecule is Cc1cc(C)n(Cc2ccc(C(=O)N/N=C/c3ccc4ccccc4c3)cc2)n1. The molecule has 0 unspecified atom stereocenters. The van der Waals surface area contributed by atoms with Crippen molar-refractivity contribution in [2.45, 2.75) is 20.4 Å². The Kier molecular flexibility index (Phi) is 5.20. The summed E-state index contributed by atoms with van der Waals surface area (Å²) in [7, 11) is 0. The summed E-state index contributed by atoms with van der Waals surface area (Å²) in [4.78, 5) is 12.3. The minimum atomic E-state index is -0.236. The fourth-order valence-corrected chi connectivity index (χ4v) is 3.29. The minimum absolute atomic E-state index is 0.236. The Bertz CT molecular complexity index is 1190. The molecule has 1 aromatic heterocycles. The first-order chi connectivity index (χ1) is 14.1. The number of carbonyl (C=O) groups excluding carboxylic acids is 1. The Morgan fingerprint density at radius 3 is 2.48 bits per heavy atom. The lowest BCUT2D eigenvalue weighted by Gasteiger charge is -2.06. The second-order valence-electron chi connectivity index (χ2n) is 7.09. The molecule has 1 amide bonds. The number of hydrogen-bond acceptors (Lipinski definition) is 3. The predicted molar refractivity (Wildman–Crippen MR) is 116 cm³/mol. The summed E-state index contributed by atoms with van der Waals surface area (Å²) < 4.78 is 1.96. The Labute approximate surface area is 169 Å². The van der Waals surface area contributed by atoms with Gasteiger partial charge in [-0.05, 0) is 60.0 Å². The van der Waals surface area contributed by atoms with Gasteiger partial charge < -0.3 is 0 Å². The van der Waals surface area contributed by atoms with Crippen LogP contribution in [-0.4, -0.2) is 21.9 Å². The highest BCUT2D eigenvalue weighted by Crippen LogP contribution is 2.14. The van der Waals surface area contributed by atoms with Gasteiger partial charge in [0.05, 0.1) is 18.5 Å². The summed E-state index contributed by atoms with van der Waals surface area (Å²) in [5.41, 5.74) is 7.30. The van der Waals surface area contributed by atoms with Crippen molar-refractivity contribution in [3.05, 3.63) is 101 Å². The van der Waals surface area contributed by atoms with Crippen LogP contribution in [-0.2, 0) is 6.54 Å². The average Bonchev–Trinajstić information content (AvgIpc) is 3.05. The van der Waals surface area contributed by atoms with Crippen LogP contribution < -0.4 is 5.43 Å². The summed E-state index contributed by atoms with van der Waals surface area (Å²) in [5.74, 6) is -0.236. The molecule has 144 valence electrons. The van der Waals surface area contributed by atoms with Crippen LogP contribution in [0.15, 0.2) is 77.9 Å². The number of nitrogens with one attached hydrogen (secondary N) is 1. The molecule has 5 heteroatoms. The highest BCUT2D eigenvalue weighted by Gasteiger charge is 2.06. The molecule has 0 atom stereocenters. The van der Waals surface area contributed by atoms with Crippen LogP contribution >= 0.6 is 0 Å². The van der Waals surface area contributed by atoms with Crippen molar-refractivity contribution in [1.29, 1.82) is 0 Å². The summed E-state index contributed by atoms with van der Waals surface area (Å²) >= 11 is 0. The lowest BCUT2D eigenvalue weighted by Crippen LogP contribution is -2.17. The maximum Gasteiger partial charge on any atom is 0.271 e. The van der Waals surface area contributed by atoms with Crippen molar-refractivity contribution in [2.24, 2.45) is 5.10 Å². The normalized spacial score (nSPS) is 11.2. The molecule has 1 heterocycles. The Hall–Kier alpha value is -3.73. The molecule has 0 fully saturated rings. The number of nitrogens with zero attached hydrogens (tertiary/aromatic N) is 3. The minimum Gasteiger partial charge on any atom is -0.267 e. The second kappa shape index (κ2) is 8.10. The van der Waals surface area contributed by atoms with Gasteiger partial charge in [0, 0.05) is 11.3 Å². The van der Waals surface area contributed by atoms with E-state index in [1.165, 1.54) is 5.39 Å². The molecule has 0 bridgehead atoms. The van der Waals surface area contributed by atoms with E-state index >= 15 is 0 Å². The number of rotatable bonds is 5. The number of hydrogen-bond donors (Lipinski definition) is 1. The van der Waals surface area contributed by atoms with Gasteiger partial charge in [-0.3, -0.25) is 9.48 Å². The third-order valence-electron chi connectivity index (χ3n) is 4.81. The monoisotopic (exact) mass is 382 g/mol. The standard InChI is InChI=1S/C24H22N4O/c1-17-13-18(2)28(27-17)16-19-7-11-22(12-8-19)24(29)26-25-15-20-9-10-21-5-3-4-6-23(21)14-20/h3-15H,16H2,1-2H3,(H,26,29)/b25-15+. The smallest absolute Gasteiger partial charge is 0.267 e. The van der Waals surface area contributed by atoms with Gasteiger partial charge in [-0.15, -0.1) is 0 Å². The van der Waals surface area contributed by atoms with Gasteiger partial charge in [0.25, 0.3) is 5.91 Å². The van der Waals surface area contributed by atoms with E-state index in [4.69, 9.17) is 0 Å². The molecule has 4 rings (SSSR count). The molecule has 5 nitrogen and oxygen atoms in total. The summed E-state index contributed by atoms with van der Waals surface area (Å²) in [6.07, 6.45) is 1.65. The van der Waals surface area contributed by atoms with Crippen LogP contribution in [0.25, 0.3) is 10.8 Å². The summed E-state index contributed by atoms with van der Waals surface area (Å²) in [5, 5.41) is 10.9. The van der Waals surface area contributed by atoms with E-state index in [1.54, 1.807) is 6.21 Å². The van der Waals surface area contributed by atoms with E-state index in [1.807, 2.05) is 73.1 Å². The largest absolute Gasteiger partial charge is 0.271 e. The third kappa shape index (κ3) is 4.41. The first kappa shape index (κ1) is 18.6. The van der Waals surface area contributed by atoms with Crippen LogP contribution in [0.1, 0.15) is 32.9 Å². The van der Waals surface area contributed by atoms with E-state index < -0.39 is 0 Å². The fraction of sp³-hybridized carbons (Fsp3) is 0.125. The average molecular weight is 382 g/mol. The van der Waals surface area contributed by atoms with Crippen LogP contribution in [0.3, 0.4) is 0 Å². The molecule has 29 heavy (non-hydrogen) atoms. The number of aromatic nitrogens is 2. The number of benzene rings is 3. The van der Waals surface area contributed by atoms with E-state index in [2.05, 4.69) is 33.8 Å². The molecule has 1 N–H and O–H groups in total. The van der Waals surface area contributed by atoms with Crippen LogP contribution in [0.4, 0.5) is 0 Å². The summed E-state index contributed by atoms with van der Waals surface area (Å²) in [6, 6.07) is 23.7. The van der Waals surface area contributed by atoms with Gasteiger partial charge in [0.1, 0.15) is 0 Å². The second-order valence-corrected chi connectivity index (χ2v) is 7.09. The zero-order valence-corrected chi connectivity index (χ0v) is 16.5. The van der Waals surface area contributed by atoms with Crippen LogP contribution in [0, 0.1) is 13.8 Å². The lowest BCUT2D eigenvalue weighted by molar-refractivity contribution is 0.0955. The highest BCUT2D eigenvalue weighted by molar-refractivity contribution is 5.95. The molecule has 0 aliphatic carbocycles.